The second-order valence-electron chi connectivity index (χ2n) is 5.59. The van der Waals surface area contributed by atoms with Gasteiger partial charge in [-0.05, 0) is 49.8 Å². The second-order valence-corrected chi connectivity index (χ2v) is 5.59. The molecule has 2 heteroatoms. The van der Waals surface area contributed by atoms with Crippen LogP contribution in [0.5, 0.6) is 0 Å². The van der Waals surface area contributed by atoms with Crippen molar-refractivity contribution in [2.24, 2.45) is 0 Å². The van der Waals surface area contributed by atoms with E-state index in [1.54, 1.807) is 14.0 Å². The number of rotatable bonds is 6. The van der Waals surface area contributed by atoms with E-state index in [0.717, 1.165) is 22.5 Å². The van der Waals surface area contributed by atoms with Crippen LogP contribution in [0.2, 0.25) is 0 Å². The van der Waals surface area contributed by atoms with Crippen molar-refractivity contribution in [1.29, 1.82) is 0 Å². The molecule has 0 aromatic heterocycles. The molecule has 0 spiro atoms. The van der Waals surface area contributed by atoms with E-state index in [2.05, 4.69) is 18.7 Å². The molecule has 20 heavy (non-hydrogen) atoms. The summed E-state index contributed by atoms with van der Waals surface area (Å²) in [4.78, 5) is 11.5. The Labute approximate surface area is 121 Å². The van der Waals surface area contributed by atoms with E-state index in [9.17, 15) is 4.79 Å². The van der Waals surface area contributed by atoms with Crippen molar-refractivity contribution in [1.82, 2.24) is 0 Å². The van der Waals surface area contributed by atoms with Gasteiger partial charge in [0.15, 0.2) is 0 Å². The summed E-state index contributed by atoms with van der Waals surface area (Å²) in [6.45, 7) is 7.52. The molecule has 2 nitrogen and oxygen atoms in total. The van der Waals surface area contributed by atoms with E-state index < -0.39 is 0 Å². The molecule has 0 atom stereocenters. The minimum Gasteiger partial charge on any atom is -0.496 e. The summed E-state index contributed by atoms with van der Waals surface area (Å²) in [5.41, 5.74) is 4.50. The number of methoxy groups -OCH3 is 1. The van der Waals surface area contributed by atoms with Crippen LogP contribution in [-0.2, 0) is 16.0 Å². The first kappa shape index (κ1) is 14.6. The first-order valence-electron chi connectivity index (χ1n) is 7.05. The zero-order valence-corrected chi connectivity index (χ0v) is 12.5. The monoisotopic (exact) mass is 270 g/mol. The highest BCUT2D eigenvalue weighted by Gasteiger charge is 2.29. The topological polar surface area (TPSA) is 26.3 Å². The Balaban J connectivity index is 2.51. The molecule has 0 aliphatic heterocycles. The lowest BCUT2D eigenvalue weighted by molar-refractivity contribution is -0.116. The number of carbonyl (C=O) groups is 1. The molecular weight excluding hydrogens is 248 g/mol. The number of hydrogen-bond acceptors (Lipinski definition) is 2. The van der Waals surface area contributed by atoms with Crippen molar-refractivity contribution >= 4 is 11.5 Å². The maximum atomic E-state index is 11.5. The quantitative estimate of drug-likeness (QED) is 0.570. The van der Waals surface area contributed by atoms with Gasteiger partial charge in [-0.3, -0.25) is 4.79 Å². The van der Waals surface area contributed by atoms with Gasteiger partial charge in [0.25, 0.3) is 0 Å². The number of benzene rings is 1. The van der Waals surface area contributed by atoms with Gasteiger partial charge >= 0.3 is 0 Å². The van der Waals surface area contributed by atoms with Crippen LogP contribution in [0.15, 0.2) is 36.4 Å². The summed E-state index contributed by atoms with van der Waals surface area (Å²) < 4.78 is 5.54. The largest absolute Gasteiger partial charge is 0.496 e. The third-order valence-corrected chi connectivity index (χ3v) is 3.48. The van der Waals surface area contributed by atoms with E-state index in [0.29, 0.717) is 12.3 Å². The standard InChI is InChI=1S/C18H22O2/c1-12(2)10-17(20-4)16-7-5-6-15(11-13(3)19)18(16)14-8-9-14/h5-7,10,14H,1,8-9,11H2,2-4H3/b17-10-. The molecule has 2 rings (SSSR count). The first-order valence-corrected chi connectivity index (χ1v) is 7.05. The molecule has 106 valence electrons. The highest BCUT2D eigenvalue weighted by Crippen LogP contribution is 2.45. The molecule has 1 aromatic carbocycles. The fourth-order valence-corrected chi connectivity index (χ4v) is 2.57. The van der Waals surface area contributed by atoms with Gasteiger partial charge in [0, 0.05) is 12.0 Å². The van der Waals surface area contributed by atoms with Crippen molar-refractivity contribution in [3.8, 4) is 0 Å². The fraction of sp³-hybridized carbons (Fsp3) is 0.389. The van der Waals surface area contributed by atoms with Crippen molar-refractivity contribution in [2.45, 2.75) is 39.0 Å². The average molecular weight is 270 g/mol. The number of allylic oxidation sites excluding steroid dienone is 2. The third-order valence-electron chi connectivity index (χ3n) is 3.48. The van der Waals surface area contributed by atoms with Crippen LogP contribution in [-0.4, -0.2) is 12.9 Å². The molecule has 0 heterocycles. The number of ketones is 1. The maximum absolute atomic E-state index is 11.5. The van der Waals surface area contributed by atoms with Crippen LogP contribution in [0.25, 0.3) is 5.76 Å². The number of ether oxygens (including phenoxy) is 1. The van der Waals surface area contributed by atoms with Crippen molar-refractivity contribution in [3.05, 3.63) is 53.1 Å². The minimum atomic E-state index is 0.201. The van der Waals surface area contributed by atoms with E-state index >= 15 is 0 Å². The van der Waals surface area contributed by atoms with E-state index in [-0.39, 0.29) is 5.78 Å². The number of Topliss-reactive ketones (excluding diaryl/α,β-unsaturated/α-hetero) is 1. The number of hydrogen-bond donors (Lipinski definition) is 0. The smallest absolute Gasteiger partial charge is 0.134 e. The predicted octanol–water partition coefficient (Wildman–Crippen LogP) is 4.26. The highest BCUT2D eigenvalue weighted by atomic mass is 16.5. The zero-order chi connectivity index (χ0) is 14.7. The summed E-state index contributed by atoms with van der Waals surface area (Å²) >= 11 is 0. The average Bonchev–Trinajstić information content (AvgIpc) is 3.19. The molecule has 0 saturated heterocycles. The lowest BCUT2D eigenvalue weighted by Gasteiger charge is -2.16. The summed E-state index contributed by atoms with van der Waals surface area (Å²) in [7, 11) is 1.68. The molecule has 0 N–H and O–H groups in total. The van der Waals surface area contributed by atoms with Crippen LogP contribution >= 0.6 is 0 Å². The molecule has 1 saturated carbocycles. The van der Waals surface area contributed by atoms with Crippen LogP contribution < -0.4 is 0 Å². The lowest BCUT2D eigenvalue weighted by Crippen LogP contribution is -2.04. The lowest BCUT2D eigenvalue weighted by atomic mass is 9.92. The summed E-state index contributed by atoms with van der Waals surface area (Å²) in [6, 6.07) is 6.15. The normalized spacial score (nSPS) is 15.1. The van der Waals surface area contributed by atoms with Gasteiger partial charge in [0.05, 0.1) is 7.11 Å². The molecule has 1 aliphatic carbocycles. The SMILES string of the molecule is C=C(C)/C=C(\OC)c1cccc(CC(C)=O)c1C1CC1. The molecular formula is C18H22O2. The van der Waals surface area contributed by atoms with Crippen molar-refractivity contribution in [2.75, 3.05) is 7.11 Å². The number of carbonyl (C=O) groups excluding carboxylic acids is 1. The van der Waals surface area contributed by atoms with Gasteiger partial charge in [-0.2, -0.15) is 0 Å². The molecule has 0 amide bonds. The van der Waals surface area contributed by atoms with Gasteiger partial charge in [0.2, 0.25) is 0 Å². The Hall–Kier alpha value is -1.83. The van der Waals surface area contributed by atoms with Crippen LogP contribution in [0.4, 0.5) is 0 Å². The second kappa shape index (κ2) is 6.08. The van der Waals surface area contributed by atoms with Crippen LogP contribution in [0, 0.1) is 0 Å². The maximum Gasteiger partial charge on any atom is 0.134 e. The van der Waals surface area contributed by atoms with Crippen LogP contribution in [0.1, 0.15) is 49.3 Å². The predicted molar refractivity (Wildman–Crippen MR) is 82.6 cm³/mol. The summed E-state index contributed by atoms with van der Waals surface area (Å²) in [5.74, 6) is 1.61. The molecule has 1 aromatic rings. The van der Waals surface area contributed by atoms with Crippen molar-refractivity contribution in [3.63, 3.8) is 0 Å². The van der Waals surface area contributed by atoms with Gasteiger partial charge in [0.1, 0.15) is 11.5 Å². The Morgan fingerprint density at radius 1 is 1.40 bits per heavy atom. The molecule has 1 aliphatic rings. The summed E-state index contributed by atoms with van der Waals surface area (Å²) in [6.07, 6.45) is 4.86. The molecule has 0 bridgehead atoms. The van der Waals surface area contributed by atoms with Crippen molar-refractivity contribution < 1.29 is 9.53 Å². The Morgan fingerprint density at radius 2 is 2.10 bits per heavy atom. The van der Waals surface area contributed by atoms with E-state index in [4.69, 9.17) is 4.74 Å². The third kappa shape index (κ3) is 3.38. The van der Waals surface area contributed by atoms with E-state index in [1.807, 2.05) is 19.1 Å². The molecule has 1 fully saturated rings. The van der Waals surface area contributed by atoms with Gasteiger partial charge in [-0.15, -0.1) is 0 Å². The Bertz CT molecular complexity index is 563. The Morgan fingerprint density at radius 3 is 2.60 bits per heavy atom. The van der Waals surface area contributed by atoms with Gasteiger partial charge < -0.3 is 4.74 Å². The first-order chi connectivity index (χ1) is 9.52. The zero-order valence-electron chi connectivity index (χ0n) is 12.5. The van der Waals surface area contributed by atoms with Crippen LogP contribution in [0.3, 0.4) is 0 Å². The van der Waals surface area contributed by atoms with E-state index in [1.165, 1.54) is 18.4 Å². The summed E-state index contributed by atoms with van der Waals surface area (Å²) in [5, 5.41) is 0. The fourth-order valence-electron chi connectivity index (χ4n) is 2.57. The molecule has 0 radical (unpaired) electrons. The highest BCUT2D eigenvalue weighted by molar-refractivity contribution is 5.80. The minimum absolute atomic E-state index is 0.201. The molecule has 0 unspecified atom stereocenters. The Kier molecular flexibility index (Phi) is 4.43. The van der Waals surface area contributed by atoms with Gasteiger partial charge in [-0.1, -0.05) is 30.4 Å². The van der Waals surface area contributed by atoms with Gasteiger partial charge in [-0.25, -0.2) is 0 Å².